The average Bonchev–Trinajstić information content (AvgIpc) is 3.01. The van der Waals surface area contributed by atoms with E-state index in [0.717, 1.165) is 5.56 Å². The van der Waals surface area contributed by atoms with Crippen molar-refractivity contribution >= 4 is 25.6 Å². The first kappa shape index (κ1) is 15.4. The Morgan fingerprint density at radius 1 is 1.22 bits per heavy atom. The second kappa shape index (κ2) is 5.60. The number of halogens is 1. The van der Waals surface area contributed by atoms with Crippen LogP contribution in [0.15, 0.2) is 41.7 Å². The van der Waals surface area contributed by atoms with Gasteiger partial charge in [0.1, 0.15) is 0 Å². The predicted octanol–water partition coefficient (Wildman–Crippen LogP) is 1.54. The molecule has 0 aliphatic rings. The van der Waals surface area contributed by atoms with Crippen LogP contribution in [0.3, 0.4) is 0 Å². The maximum Gasteiger partial charge on any atom is 0.261 e. The quantitative estimate of drug-likeness (QED) is 0.712. The van der Waals surface area contributed by atoms with E-state index < -0.39 is 9.05 Å². The molecular formula is C13H11ClN6O2S. The summed E-state index contributed by atoms with van der Waals surface area (Å²) in [6.07, 6.45) is 4.43. The van der Waals surface area contributed by atoms with Crippen molar-refractivity contribution < 1.29 is 8.42 Å². The summed E-state index contributed by atoms with van der Waals surface area (Å²) in [7, 11) is 1.56. The smallest absolute Gasteiger partial charge is 0.261 e. The van der Waals surface area contributed by atoms with Gasteiger partial charge < -0.3 is 5.73 Å². The van der Waals surface area contributed by atoms with E-state index in [4.69, 9.17) is 16.4 Å². The Labute approximate surface area is 136 Å². The minimum Gasteiger partial charge on any atom is -0.380 e. The molecule has 23 heavy (non-hydrogen) atoms. The molecule has 2 heterocycles. The van der Waals surface area contributed by atoms with Crippen molar-refractivity contribution in [3.05, 3.63) is 42.4 Å². The molecule has 0 aliphatic carbocycles. The van der Waals surface area contributed by atoms with Gasteiger partial charge in [0.25, 0.3) is 9.05 Å². The molecule has 0 saturated heterocycles. The summed E-state index contributed by atoms with van der Waals surface area (Å²) in [6.45, 7) is 1.82. The summed E-state index contributed by atoms with van der Waals surface area (Å²) < 4.78 is 23.0. The van der Waals surface area contributed by atoms with Gasteiger partial charge in [-0.1, -0.05) is 6.07 Å². The van der Waals surface area contributed by atoms with Crippen molar-refractivity contribution in [1.82, 2.24) is 25.0 Å². The topological polar surface area (TPSA) is 117 Å². The summed E-state index contributed by atoms with van der Waals surface area (Å²) >= 11 is 0. The van der Waals surface area contributed by atoms with Crippen LogP contribution in [0.1, 0.15) is 5.56 Å². The van der Waals surface area contributed by atoms with Crippen LogP contribution in [0.4, 0.5) is 5.82 Å². The third-order valence-electron chi connectivity index (χ3n) is 3.16. The molecule has 1 aromatic carbocycles. The van der Waals surface area contributed by atoms with E-state index in [1.165, 1.54) is 35.5 Å². The summed E-state index contributed by atoms with van der Waals surface area (Å²) in [5, 5.41) is 7.93. The van der Waals surface area contributed by atoms with E-state index in [1.807, 2.05) is 6.92 Å². The van der Waals surface area contributed by atoms with Crippen molar-refractivity contribution in [2.45, 2.75) is 11.8 Å². The zero-order valence-electron chi connectivity index (χ0n) is 11.9. The molecule has 0 radical (unpaired) electrons. The number of aromatic nitrogens is 5. The van der Waals surface area contributed by atoms with Gasteiger partial charge in [-0.05, 0) is 24.6 Å². The van der Waals surface area contributed by atoms with Gasteiger partial charge in [0.15, 0.2) is 5.82 Å². The predicted molar refractivity (Wildman–Crippen MR) is 84.6 cm³/mol. The zero-order valence-corrected chi connectivity index (χ0v) is 13.5. The third kappa shape index (κ3) is 3.01. The van der Waals surface area contributed by atoms with Crippen LogP contribution in [0.25, 0.3) is 17.1 Å². The molecule has 0 fully saturated rings. The van der Waals surface area contributed by atoms with Crippen molar-refractivity contribution in [3.63, 3.8) is 0 Å². The fraction of sp³-hybridized carbons (Fsp3) is 0.0769. The maximum absolute atomic E-state index is 11.5. The molecule has 0 bridgehead atoms. The Morgan fingerprint density at radius 2 is 1.91 bits per heavy atom. The summed E-state index contributed by atoms with van der Waals surface area (Å²) in [5.74, 6) is 0.412. The molecule has 10 heteroatoms. The van der Waals surface area contributed by atoms with Gasteiger partial charge in [-0.3, -0.25) is 0 Å². The van der Waals surface area contributed by atoms with Crippen molar-refractivity contribution in [1.29, 1.82) is 0 Å². The van der Waals surface area contributed by atoms with Crippen molar-refractivity contribution in [2.24, 2.45) is 0 Å². The van der Waals surface area contributed by atoms with E-state index in [1.54, 1.807) is 6.07 Å². The second-order valence-corrected chi connectivity index (χ2v) is 7.26. The average molecular weight is 351 g/mol. The van der Waals surface area contributed by atoms with Gasteiger partial charge in [-0.2, -0.15) is 10.2 Å². The highest BCUT2D eigenvalue weighted by atomic mass is 35.7. The number of aryl methyl sites for hydroxylation is 1. The SMILES string of the molecule is Cc1ccc(S(=O)(=O)Cl)cc1-c1cnc(N)c(-n2nccn2)n1. The van der Waals surface area contributed by atoms with Crippen LogP contribution in [0.2, 0.25) is 0 Å². The van der Waals surface area contributed by atoms with Gasteiger partial charge in [0.2, 0.25) is 5.82 Å². The lowest BCUT2D eigenvalue weighted by atomic mass is 10.1. The number of anilines is 1. The van der Waals surface area contributed by atoms with E-state index in [0.29, 0.717) is 11.3 Å². The minimum absolute atomic E-state index is 0.0165. The second-order valence-electron chi connectivity index (χ2n) is 4.70. The number of nitrogens with two attached hydrogens (primary N) is 1. The molecule has 0 spiro atoms. The van der Waals surface area contributed by atoms with Crippen LogP contribution in [-0.4, -0.2) is 33.4 Å². The monoisotopic (exact) mass is 350 g/mol. The number of nitrogen functional groups attached to an aromatic ring is 1. The Hall–Kier alpha value is -2.52. The summed E-state index contributed by atoms with van der Waals surface area (Å²) in [5.41, 5.74) is 7.63. The molecule has 0 saturated carbocycles. The standard InChI is InChI=1S/C13H11ClN6O2S/c1-8-2-3-9(23(14,21)22)6-10(8)11-7-16-12(15)13(19-11)20-17-4-5-18-20/h2-7H,1H3,(H2,15,16). The van der Waals surface area contributed by atoms with E-state index in [2.05, 4.69) is 20.2 Å². The largest absolute Gasteiger partial charge is 0.380 e. The van der Waals surface area contributed by atoms with Crippen LogP contribution in [0.5, 0.6) is 0 Å². The summed E-state index contributed by atoms with van der Waals surface area (Å²) in [4.78, 5) is 9.68. The van der Waals surface area contributed by atoms with Crippen LogP contribution < -0.4 is 5.73 Å². The van der Waals surface area contributed by atoms with Crippen molar-refractivity contribution in [3.8, 4) is 17.1 Å². The first-order chi connectivity index (χ1) is 10.9. The maximum atomic E-state index is 11.5. The Balaban J connectivity index is 2.18. The molecule has 3 aromatic rings. The fourth-order valence-electron chi connectivity index (χ4n) is 2.02. The van der Waals surface area contributed by atoms with Gasteiger partial charge in [0, 0.05) is 16.2 Å². The normalized spacial score (nSPS) is 11.6. The highest BCUT2D eigenvalue weighted by Gasteiger charge is 2.15. The van der Waals surface area contributed by atoms with Crippen molar-refractivity contribution in [2.75, 3.05) is 5.73 Å². The third-order valence-corrected chi connectivity index (χ3v) is 4.51. The first-order valence-corrected chi connectivity index (χ1v) is 8.72. The number of hydrogen-bond donors (Lipinski definition) is 1. The zero-order chi connectivity index (χ0) is 16.6. The highest BCUT2D eigenvalue weighted by molar-refractivity contribution is 8.13. The number of nitrogens with zero attached hydrogens (tertiary/aromatic N) is 5. The molecule has 3 rings (SSSR count). The Morgan fingerprint density at radius 3 is 2.57 bits per heavy atom. The first-order valence-electron chi connectivity index (χ1n) is 6.41. The molecule has 2 N–H and O–H groups in total. The van der Waals surface area contributed by atoms with Crippen LogP contribution >= 0.6 is 10.7 Å². The molecular weight excluding hydrogens is 340 g/mol. The van der Waals surface area contributed by atoms with Gasteiger partial charge in [-0.15, -0.1) is 4.80 Å². The van der Waals surface area contributed by atoms with E-state index >= 15 is 0 Å². The van der Waals surface area contributed by atoms with Gasteiger partial charge in [-0.25, -0.2) is 18.4 Å². The lowest BCUT2D eigenvalue weighted by Gasteiger charge is -2.09. The van der Waals surface area contributed by atoms with Gasteiger partial charge >= 0.3 is 0 Å². The fourth-order valence-corrected chi connectivity index (χ4v) is 2.80. The Kier molecular flexibility index (Phi) is 3.74. The number of benzene rings is 1. The summed E-state index contributed by atoms with van der Waals surface area (Å²) in [6, 6.07) is 4.52. The molecule has 0 atom stereocenters. The molecule has 8 nitrogen and oxygen atoms in total. The lowest BCUT2D eigenvalue weighted by Crippen LogP contribution is -2.08. The Bertz CT molecular complexity index is 972. The number of rotatable bonds is 3. The molecule has 0 aliphatic heterocycles. The highest BCUT2D eigenvalue weighted by Crippen LogP contribution is 2.27. The molecule has 0 unspecified atom stereocenters. The minimum atomic E-state index is -3.84. The molecule has 118 valence electrons. The lowest BCUT2D eigenvalue weighted by molar-refractivity contribution is 0.609. The van der Waals surface area contributed by atoms with E-state index in [-0.39, 0.29) is 16.5 Å². The van der Waals surface area contributed by atoms with Crippen LogP contribution in [0, 0.1) is 6.92 Å². The number of hydrogen-bond acceptors (Lipinski definition) is 7. The van der Waals surface area contributed by atoms with E-state index in [9.17, 15) is 8.42 Å². The van der Waals surface area contributed by atoms with Gasteiger partial charge in [0.05, 0.1) is 29.2 Å². The molecule has 0 amide bonds. The van der Waals surface area contributed by atoms with Crippen LogP contribution in [-0.2, 0) is 9.05 Å². The molecule has 2 aromatic heterocycles.